The lowest BCUT2D eigenvalue weighted by atomic mass is 9.85. The van der Waals surface area contributed by atoms with Gasteiger partial charge in [-0.3, -0.25) is 9.59 Å². The second-order valence-electron chi connectivity index (χ2n) is 7.30. The van der Waals surface area contributed by atoms with Gasteiger partial charge in [-0.05, 0) is 37.8 Å². The Morgan fingerprint density at radius 3 is 2.48 bits per heavy atom. The maximum atomic E-state index is 12.4. The molecule has 1 saturated carbocycles. The largest absolute Gasteiger partial charge is 0.480 e. The summed E-state index contributed by atoms with van der Waals surface area (Å²) in [6.07, 6.45) is 3.80. The number of hydrogen-bond acceptors (Lipinski definition) is 6. The first-order chi connectivity index (χ1) is 14.1. The van der Waals surface area contributed by atoms with Gasteiger partial charge in [0.1, 0.15) is 5.69 Å². The second kappa shape index (κ2) is 10.2. The fraction of sp³-hybridized carbons (Fsp3) is 0.524. The van der Waals surface area contributed by atoms with E-state index in [1.54, 1.807) is 7.11 Å². The van der Waals surface area contributed by atoms with Crippen molar-refractivity contribution in [2.45, 2.75) is 44.6 Å². The molecule has 0 saturated heterocycles. The van der Waals surface area contributed by atoms with Crippen LogP contribution in [0.3, 0.4) is 0 Å². The van der Waals surface area contributed by atoms with Crippen molar-refractivity contribution >= 4 is 22.8 Å². The summed E-state index contributed by atoms with van der Waals surface area (Å²) in [5.74, 6) is 0.374. The van der Waals surface area contributed by atoms with E-state index in [1.165, 1.54) is 0 Å². The molecule has 156 valence electrons. The first-order valence-electron chi connectivity index (χ1n) is 10.1. The zero-order chi connectivity index (χ0) is 20.6. The number of hydrogen-bond donors (Lipinski definition) is 3. The molecule has 0 atom stereocenters. The topological polar surface area (TPSA) is 113 Å². The minimum absolute atomic E-state index is 0.00852. The quantitative estimate of drug-likeness (QED) is 0.617. The summed E-state index contributed by atoms with van der Waals surface area (Å²) in [6.45, 7) is 0.236. The van der Waals surface area contributed by atoms with Crippen molar-refractivity contribution in [3.05, 3.63) is 30.0 Å². The van der Waals surface area contributed by atoms with Crippen LogP contribution in [0.2, 0.25) is 0 Å². The highest BCUT2D eigenvalue weighted by Crippen LogP contribution is 2.25. The Hall–Kier alpha value is -2.74. The SMILES string of the molecule is COc1nc2ccccc2nc1CCC(=O)NC1CCC(C(=O)NCCO)CC1. The molecule has 8 nitrogen and oxygen atoms in total. The molecule has 3 rings (SSSR count). The Balaban J connectivity index is 1.48. The van der Waals surface area contributed by atoms with Crippen LogP contribution < -0.4 is 15.4 Å². The number of aromatic nitrogens is 2. The fourth-order valence-corrected chi connectivity index (χ4v) is 3.70. The number of aliphatic hydroxyl groups is 1. The van der Waals surface area contributed by atoms with E-state index >= 15 is 0 Å². The van der Waals surface area contributed by atoms with E-state index in [1.807, 2.05) is 24.3 Å². The number of fused-ring (bicyclic) bond motifs is 1. The average Bonchev–Trinajstić information content (AvgIpc) is 2.75. The molecule has 0 aliphatic heterocycles. The van der Waals surface area contributed by atoms with Crippen molar-refractivity contribution in [2.75, 3.05) is 20.3 Å². The number of nitrogens with zero attached hydrogens (tertiary/aromatic N) is 2. The first kappa shape index (κ1) is 21.0. The zero-order valence-corrected chi connectivity index (χ0v) is 16.7. The van der Waals surface area contributed by atoms with Gasteiger partial charge >= 0.3 is 0 Å². The molecule has 2 amide bonds. The van der Waals surface area contributed by atoms with Crippen molar-refractivity contribution < 1.29 is 19.4 Å². The molecule has 1 heterocycles. The van der Waals surface area contributed by atoms with Crippen molar-refractivity contribution in [1.82, 2.24) is 20.6 Å². The zero-order valence-electron chi connectivity index (χ0n) is 16.7. The number of aryl methyl sites for hydroxylation is 1. The molecule has 3 N–H and O–H groups in total. The molecule has 1 aromatic heterocycles. The van der Waals surface area contributed by atoms with Gasteiger partial charge in [0.2, 0.25) is 17.7 Å². The minimum atomic E-state index is -0.0521. The maximum Gasteiger partial charge on any atom is 0.235 e. The number of rotatable bonds is 8. The summed E-state index contributed by atoms with van der Waals surface area (Å²) < 4.78 is 5.34. The van der Waals surface area contributed by atoms with E-state index in [0.717, 1.165) is 36.7 Å². The molecule has 1 aliphatic carbocycles. The third-order valence-corrected chi connectivity index (χ3v) is 5.26. The lowest BCUT2D eigenvalue weighted by Crippen LogP contribution is -2.41. The highest BCUT2D eigenvalue weighted by atomic mass is 16.5. The van der Waals surface area contributed by atoms with Gasteiger partial charge in [-0.25, -0.2) is 9.97 Å². The minimum Gasteiger partial charge on any atom is -0.480 e. The Morgan fingerprint density at radius 1 is 1.14 bits per heavy atom. The molecule has 1 aliphatic rings. The lowest BCUT2D eigenvalue weighted by molar-refractivity contribution is -0.126. The van der Waals surface area contributed by atoms with Crippen LogP contribution in [-0.2, 0) is 16.0 Å². The summed E-state index contributed by atoms with van der Waals surface area (Å²) in [7, 11) is 1.55. The molecule has 2 aromatic rings. The predicted molar refractivity (Wildman–Crippen MR) is 108 cm³/mol. The number of methoxy groups -OCH3 is 1. The average molecular weight is 400 g/mol. The highest BCUT2D eigenvalue weighted by Gasteiger charge is 2.26. The van der Waals surface area contributed by atoms with Crippen LogP contribution in [0.5, 0.6) is 5.88 Å². The van der Waals surface area contributed by atoms with E-state index in [0.29, 0.717) is 24.4 Å². The van der Waals surface area contributed by atoms with Gasteiger partial charge in [0.25, 0.3) is 0 Å². The Morgan fingerprint density at radius 2 is 1.83 bits per heavy atom. The van der Waals surface area contributed by atoms with Gasteiger partial charge in [-0.15, -0.1) is 0 Å². The van der Waals surface area contributed by atoms with Crippen LogP contribution in [0.15, 0.2) is 24.3 Å². The fourth-order valence-electron chi connectivity index (χ4n) is 3.70. The number of nitrogens with one attached hydrogen (secondary N) is 2. The van der Waals surface area contributed by atoms with Gasteiger partial charge in [0.05, 0.1) is 24.8 Å². The summed E-state index contributed by atoms with van der Waals surface area (Å²) in [6, 6.07) is 7.66. The number of benzene rings is 1. The molecular weight excluding hydrogens is 372 g/mol. The van der Waals surface area contributed by atoms with Crippen molar-refractivity contribution in [3.63, 3.8) is 0 Å². The number of amides is 2. The van der Waals surface area contributed by atoms with Crippen LogP contribution in [0.1, 0.15) is 37.8 Å². The molecule has 29 heavy (non-hydrogen) atoms. The molecule has 0 radical (unpaired) electrons. The number of aliphatic hydroxyl groups excluding tert-OH is 1. The highest BCUT2D eigenvalue weighted by molar-refractivity contribution is 5.79. The number of carbonyl (C=O) groups is 2. The molecule has 0 bridgehead atoms. The van der Waals surface area contributed by atoms with Crippen LogP contribution in [0, 0.1) is 5.92 Å². The number of ether oxygens (including phenoxy) is 1. The van der Waals surface area contributed by atoms with Gasteiger partial charge < -0.3 is 20.5 Å². The molecular formula is C21H28N4O4. The van der Waals surface area contributed by atoms with Crippen molar-refractivity contribution in [2.24, 2.45) is 5.92 Å². The van der Waals surface area contributed by atoms with E-state index in [2.05, 4.69) is 20.6 Å². The molecule has 1 fully saturated rings. The number of para-hydroxylation sites is 2. The molecule has 1 aromatic carbocycles. The van der Waals surface area contributed by atoms with Gasteiger partial charge in [0, 0.05) is 31.3 Å². The Bertz CT molecular complexity index is 850. The van der Waals surface area contributed by atoms with Crippen LogP contribution in [0.4, 0.5) is 0 Å². The van der Waals surface area contributed by atoms with E-state index in [9.17, 15) is 9.59 Å². The summed E-state index contributed by atoms with van der Waals surface area (Å²) >= 11 is 0. The monoisotopic (exact) mass is 400 g/mol. The number of carbonyl (C=O) groups excluding carboxylic acids is 2. The van der Waals surface area contributed by atoms with E-state index < -0.39 is 0 Å². The van der Waals surface area contributed by atoms with E-state index in [-0.39, 0.29) is 36.9 Å². The summed E-state index contributed by atoms with van der Waals surface area (Å²) in [4.78, 5) is 33.4. The van der Waals surface area contributed by atoms with Crippen LogP contribution in [0.25, 0.3) is 11.0 Å². The second-order valence-corrected chi connectivity index (χ2v) is 7.30. The smallest absolute Gasteiger partial charge is 0.235 e. The lowest BCUT2D eigenvalue weighted by Gasteiger charge is -2.28. The van der Waals surface area contributed by atoms with Crippen LogP contribution >= 0.6 is 0 Å². The van der Waals surface area contributed by atoms with Gasteiger partial charge in [-0.1, -0.05) is 12.1 Å². The Kier molecular flexibility index (Phi) is 7.35. The summed E-state index contributed by atoms with van der Waals surface area (Å²) in [5.41, 5.74) is 2.21. The third kappa shape index (κ3) is 5.63. The van der Waals surface area contributed by atoms with E-state index in [4.69, 9.17) is 9.84 Å². The maximum absolute atomic E-state index is 12.4. The molecule has 0 spiro atoms. The molecule has 0 unspecified atom stereocenters. The normalized spacial score (nSPS) is 19.0. The van der Waals surface area contributed by atoms with Crippen molar-refractivity contribution in [1.29, 1.82) is 0 Å². The third-order valence-electron chi connectivity index (χ3n) is 5.26. The molecule has 8 heteroatoms. The first-order valence-corrected chi connectivity index (χ1v) is 10.1. The Labute approximate surface area is 170 Å². The standard InChI is InChI=1S/C21H28N4O4/c1-29-21-18(24-16-4-2-3-5-17(16)25-21)10-11-19(27)23-15-8-6-14(7-9-15)20(28)22-12-13-26/h2-5,14-15,26H,6-13H2,1H3,(H,22,28)(H,23,27). The van der Waals surface area contributed by atoms with Crippen LogP contribution in [-0.4, -0.2) is 53.2 Å². The predicted octanol–water partition coefficient (Wildman–Crippen LogP) is 1.35. The van der Waals surface area contributed by atoms with Gasteiger partial charge in [0.15, 0.2) is 0 Å². The summed E-state index contributed by atoms with van der Waals surface area (Å²) in [5, 5.41) is 14.6. The van der Waals surface area contributed by atoms with Gasteiger partial charge in [-0.2, -0.15) is 0 Å². The van der Waals surface area contributed by atoms with Crippen molar-refractivity contribution in [3.8, 4) is 5.88 Å².